The summed E-state index contributed by atoms with van der Waals surface area (Å²) >= 11 is 1.48. The zero-order valence-corrected chi connectivity index (χ0v) is 25.8. The van der Waals surface area contributed by atoms with Gasteiger partial charge in [0.15, 0.2) is 5.13 Å². The predicted molar refractivity (Wildman–Crippen MR) is 164 cm³/mol. The molecule has 8 nitrogen and oxygen atoms in total. The summed E-state index contributed by atoms with van der Waals surface area (Å²) in [6, 6.07) is 15.8. The summed E-state index contributed by atoms with van der Waals surface area (Å²) in [4.78, 5) is 49.0. The van der Waals surface area contributed by atoms with Gasteiger partial charge in [0.2, 0.25) is 5.91 Å². The van der Waals surface area contributed by atoms with Crippen LogP contribution in [0.3, 0.4) is 0 Å². The van der Waals surface area contributed by atoms with Crippen LogP contribution in [0.1, 0.15) is 78.3 Å². The molecule has 3 aromatic rings. The Labute approximate surface area is 247 Å². The molecule has 0 bridgehead atoms. The fourth-order valence-corrected chi connectivity index (χ4v) is 5.63. The van der Waals surface area contributed by atoms with Crippen molar-refractivity contribution in [1.82, 2.24) is 19.7 Å². The van der Waals surface area contributed by atoms with Crippen LogP contribution in [0.4, 0.5) is 5.13 Å². The fourth-order valence-electron chi connectivity index (χ4n) is 4.79. The summed E-state index contributed by atoms with van der Waals surface area (Å²) in [5.41, 5.74) is 3.55. The number of rotatable bonds is 8. The van der Waals surface area contributed by atoms with Gasteiger partial charge in [-0.15, -0.1) is 11.3 Å². The molecule has 9 heteroatoms. The molecule has 218 valence electrons. The summed E-state index contributed by atoms with van der Waals surface area (Å²) in [6.45, 7) is 15.9. The van der Waals surface area contributed by atoms with Crippen LogP contribution in [-0.4, -0.2) is 69.6 Å². The maximum absolute atomic E-state index is 13.2. The number of carbonyl (C=O) groups excluding carboxylic acids is 3. The van der Waals surface area contributed by atoms with Gasteiger partial charge in [0.05, 0.1) is 0 Å². The van der Waals surface area contributed by atoms with E-state index in [0.717, 1.165) is 10.4 Å². The van der Waals surface area contributed by atoms with Crippen LogP contribution in [0.5, 0.6) is 0 Å². The third-order valence-electron chi connectivity index (χ3n) is 7.45. The molecule has 0 unspecified atom stereocenters. The highest BCUT2D eigenvalue weighted by Crippen LogP contribution is 2.25. The van der Waals surface area contributed by atoms with Gasteiger partial charge in [0, 0.05) is 74.4 Å². The topological polar surface area (TPSA) is 85.8 Å². The molecule has 1 aliphatic heterocycles. The van der Waals surface area contributed by atoms with E-state index in [1.54, 1.807) is 11.8 Å². The average Bonchev–Trinajstić information content (AvgIpc) is 3.38. The van der Waals surface area contributed by atoms with Gasteiger partial charge in [-0.25, -0.2) is 4.98 Å². The van der Waals surface area contributed by atoms with Gasteiger partial charge in [0.25, 0.3) is 11.8 Å². The smallest absolute Gasteiger partial charge is 0.257 e. The van der Waals surface area contributed by atoms with Crippen molar-refractivity contribution in [2.75, 3.05) is 31.5 Å². The first-order valence-corrected chi connectivity index (χ1v) is 15.0. The van der Waals surface area contributed by atoms with E-state index >= 15 is 0 Å². The minimum atomic E-state index is -0.170. The maximum atomic E-state index is 13.2. The second-order valence-electron chi connectivity index (χ2n) is 11.9. The average molecular weight is 576 g/mol. The molecule has 1 fully saturated rings. The molecule has 0 spiro atoms. The van der Waals surface area contributed by atoms with E-state index in [-0.39, 0.29) is 29.2 Å². The Morgan fingerprint density at radius 1 is 0.951 bits per heavy atom. The summed E-state index contributed by atoms with van der Waals surface area (Å²) in [6.07, 6.45) is 1.82. The number of hydrogen-bond acceptors (Lipinski definition) is 6. The Kier molecular flexibility index (Phi) is 9.60. The SMILES string of the molecule is CC(=O)N1CCN(C(=O)c2cccc(CN(Cc3cnc(NC(=O)c4ccc(C(C)(C)C)cc4)s3)C(C)C)c2)CC1. The van der Waals surface area contributed by atoms with Crippen molar-refractivity contribution in [3.63, 3.8) is 0 Å². The Morgan fingerprint density at radius 3 is 2.22 bits per heavy atom. The largest absolute Gasteiger partial charge is 0.339 e. The maximum Gasteiger partial charge on any atom is 0.257 e. The van der Waals surface area contributed by atoms with E-state index in [0.29, 0.717) is 55.5 Å². The normalized spacial score (nSPS) is 14.0. The Balaban J connectivity index is 1.36. The number of hydrogen-bond donors (Lipinski definition) is 1. The minimum absolute atomic E-state index is 0.00188. The van der Waals surface area contributed by atoms with Crippen molar-refractivity contribution < 1.29 is 14.4 Å². The van der Waals surface area contributed by atoms with Crippen molar-refractivity contribution in [1.29, 1.82) is 0 Å². The molecule has 1 aliphatic rings. The number of amides is 3. The van der Waals surface area contributed by atoms with Crippen LogP contribution in [0.25, 0.3) is 0 Å². The zero-order valence-electron chi connectivity index (χ0n) is 24.9. The van der Waals surface area contributed by atoms with Gasteiger partial charge < -0.3 is 9.80 Å². The molecule has 2 aromatic carbocycles. The van der Waals surface area contributed by atoms with Gasteiger partial charge in [-0.2, -0.15) is 0 Å². The lowest BCUT2D eigenvalue weighted by Crippen LogP contribution is -2.50. The molecule has 0 saturated carbocycles. The molecule has 1 saturated heterocycles. The third kappa shape index (κ3) is 8.01. The van der Waals surface area contributed by atoms with E-state index in [9.17, 15) is 14.4 Å². The van der Waals surface area contributed by atoms with Crippen LogP contribution in [0.2, 0.25) is 0 Å². The Bertz CT molecular complexity index is 1370. The number of anilines is 1. The molecule has 0 atom stereocenters. The van der Waals surface area contributed by atoms with E-state index in [1.165, 1.54) is 16.9 Å². The lowest BCUT2D eigenvalue weighted by Gasteiger charge is -2.34. The number of carbonyl (C=O) groups is 3. The lowest BCUT2D eigenvalue weighted by molar-refractivity contribution is -0.130. The van der Waals surface area contributed by atoms with Crippen LogP contribution < -0.4 is 5.32 Å². The molecule has 4 rings (SSSR count). The standard InChI is InChI=1S/C32H41N5O3S/c1-22(2)37(20-24-8-7-9-26(18-24)30(40)36-16-14-35(15-17-36)23(3)38)21-28-19-33-31(41-28)34-29(39)25-10-12-27(13-11-25)32(4,5)6/h7-13,18-19,22H,14-17,20-21H2,1-6H3,(H,33,34,39). The number of nitrogens with one attached hydrogen (secondary N) is 1. The van der Waals surface area contributed by atoms with Gasteiger partial charge >= 0.3 is 0 Å². The molecule has 1 aromatic heterocycles. The summed E-state index contributed by atoms with van der Waals surface area (Å²) in [5, 5.41) is 3.51. The number of piperazine rings is 1. The molecule has 3 amide bonds. The van der Waals surface area contributed by atoms with Gasteiger partial charge in [-0.05, 0) is 54.7 Å². The third-order valence-corrected chi connectivity index (χ3v) is 8.35. The van der Waals surface area contributed by atoms with E-state index in [2.05, 4.69) is 49.8 Å². The van der Waals surface area contributed by atoms with Gasteiger partial charge in [0.1, 0.15) is 0 Å². The fraction of sp³-hybridized carbons (Fsp3) is 0.438. The number of benzene rings is 2. The molecule has 0 aliphatic carbocycles. The minimum Gasteiger partial charge on any atom is -0.339 e. The van der Waals surface area contributed by atoms with Crippen molar-refractivity contribution in [2.24, 2.45) is 0 Å². The molecule has 0 radical (unpaired) electrons. The molecule has 41 heavy (non-hydrogen) atoms. The monoisotopic (exact) mass is 575 g/mol. The van der Waals surface area contributed by atoms with Crippen molar-refractivity contribution in [3.8, 4) is 0 Å². The molecule has 1 N–H and O–H groups in total. The van der Waals surface area contributed by atoms with Crippen molar-refractivity contribution >= 4 is 34.2 Å². The first-order chi connectivity index (χ1) is 19.4. The highest BCUT2D eigenvalue weighted by atomic mass is 32.1. The van der Waals surface area contributed by atoms with Crippen LogP contribution in [-0.2, 0) is 23.3 Å². The summed E-state index contributed by atoms with van der Waals surface area (Å²) in [5.74, 6) is -0.118. The molecular formula is C32H41N5O3S. The first kappa shape index (κ1) is 30.4. The Hall–Kier alpha value is -3.56. The highest BCUT2D eigenvalue weighted by molar-refractivity contribution is 7.15. The summed E-state index contributed by atoms with van der Waals surface area (Å²) in [7, 11) is 0. The number of thiazole rings is 1. The van der Waals surface area contributed by atoms with Gasteiger partial charge in [-0.1, -0.05) is 45.0 Å². The quantitative estimate of drug-likeness (QED) is 0.388. The predicted octanol–water partition coefficient (Wildman–Crippen LogP) is 5.41. The first-order valence-electron chi connectivity index (χ1n) is 14.1. The second kappa shape index (κ2) is 13.0. The lowest BCUT2D eigenvalue weighted by atomic mass is 9.87. The molecule has 2 heterocycles. The van der Waals surface area contributed by atoms with E-state index in [1.807, 2.05) is 59.6 Å². The Morgan fingerprint density at radius 2 is 1.61 bits per heavy atom. The van der Waals surface area contributed by atoms with Gasteiger partial charge in [-0.3, -0.25) is 24.6 Å². The van der Waals surface area contributed by atoms with Crippen LogP contribution in [0.15, 0.2) is 54.7 Å². The highest BCUT2D eigenvalue weighted by Gasteiger charge is 2.24. The van der Waals surface area contributed by atoms with Crippen molar-refractivity contribution in [2.45, 2.75) is 66.1 Å². The molecular weight excluding hydrogens is 534 g/mol. The summed E-state index contributed by atoms with van der Waals surface area (Å²) < 4.78 is 0. The second-order valence-corrected chi connectivity index (χ2v) is 13.0. The van der Waals surface area contributed by atoms with E-state index in [4.69, 9.17) is 0 Å². The van der Waals surface area contributed by atoms with Crippen molar-refractivity contribution in [3.05, 3.63) is 81.9 Å². The van der Waals surface area contributed by atoms with E-state index < -0.39 is 0 Å². The van der Waals surface area contributed by atoms with Crippen LogP contribution in [0, 0.1) is 0 Å². The zero-order chi connectivity index (χ0) is 29.7. The number of nitrogens with zero attached hydrogens (tertiary/aromatic N) is 4. The number of aromatic nitrogens is 1. The van der Waals surface area contributed by atoms with Crippen LogP contribution >= 0.6 is 11.3 Å².